The Bertz CT molecular complexity index is 994. The first kappa shape index (κ1) is 18.5. The van der Waals surface area contributed by atoms with Crippen molar-refractivity contribution >= 4 is 23.3 Å². The molecule has 2 aromatic heterocycles. The Labute approximate surface area is 156 Å². The molecule has 1 aromatic carbocycles. The number of carboxylic acids is 1. The Morgan fingerprint density at radius 2 is 1.93 bits per heavy atom. The number of aromatic nitrogens is 4. The number of fused-ring (bicyclic) bond motifs is 1. The summed E-state index contributed by atoms with van der Waals surface area (Å²) >= 11 is 0. The van der Waals surface area contributed by atoms with Gasteiger partial charge in [0.2, 0.25) is 5.91 Å². The zero-order chi connectivity index (χ0) is 19.6. The van der Waals surface area contributed by atoms with Crippen molar-refractivity contribution in [1.29, 1.82) is 0 Å². The van der Waals surface area contributed by atoms with E-state index in [1.54, 1.807) is 35.7 Å². The fourth-order valence-electron chi connectivity index (χ4n) is 2.98. The van der Waals surface area contributed by atoms with Crippen LogP contribution >= 0.6 is 0 Å². The van der Waals surface area contributed by atoms with Crippen molar-refractivity contribution < 1.29 is 14.7 Å². The molecule has 140 valence electrons. The van der Waals surface area contributed by atoms with Gasteiger partial charge in [0.1, 0.15) is 6.33 Å². The molecule has 0 bridgehead atoms. The highest BCUT2D eigenvalue weighted by molar-refractivity contribution is 5.91. The molecule has 0 aliphatic carbocycles. The van der Waals surface area contributed by atoms with Gasteiger partial charge in [-0.3, -0.25) is 9.59 Å². The van der Waals surface area contributed by atoms with Crippen LogP contribution in [0.3, 0.4) is 0 Å². The van der Waals surface area contributed by atoms with Gasteiger partial charge in [0.15, 0.2) is 0 Å². The summed E-state index contributed by atoms with van der Waals surface area (Å²) in [6, 6.07) is 6.86. The van der Waals surface area contributed by atoms with Crippen LogP contribution in [-0.4, -0.2) is 36.6 Å². The Morgan fingerprint density at radius 1 is 1.22 bits per heavy atom. The minimum atomic E-state index is -0.879. The summed E-state index contributed by atoms with van der Waals surface area (Å²) in [4.78, 5) is 31.8. The van der Waals surface area contributed by atoms with E-state index in [4.69, 9.17) is 5.11 Å². The second-order valence-corrected chi connectivity index (χ2v) is 6.46. The number of aliphatic carboxylic acids is 1. The second kappa shape index (κ2) is 7.53. The molecule has 0 fully saturated rings. The lowest BCUT2D eigenvalue weighted by atomic mass is 10.0. The minimum Gasteiger partial charge on any atom is -0.481 e. The number of nitrogens with zero attached hydrogens (tertiary/aromatic N) is 4. The molecule has 2 N–H and O–H groups in total. The second-order valence-electron chi connectivity index (χ2n) is 6.46. The topological polar surface area (TPSA) is 109 Å². The van der Waals surface area contributed by atoms with Crippen LogP contribution in [0.2, 0.25) is 0 Å². The highest BCUT2D eigenvalue weighted by atomic mass is 16.4. The third-order valence-electron chi connectivity index (χ3n) is 4.66. The number of carbonyl (C=O) groups excluding carboxylic acids is 1. The van der Waals surface area contributed by atoms with Gasteiger partial charge in [0, 0.05) is 23.5 Å². The van der Waals surface area contributed by atoms with Gasteiger partial charge in [-0.1, -0.05) is 12.1 Å². The number of nitrogens with one attached hydrogen (secondary N) is 1. The fraction of sp³-hybridized carbons (Fsp3) is 0.316. The first-order valence-electron chi connectivity index (χ1n) is 8.65. The molecule has 0 aliphatic rings. The number of rotatable bonds is 6. The Kier molecular flexibility index (Phi) is 5.16. The number of amides is 1. The molecule has 3 aromatic rings. The monoisotopic (exact) mass is 367 g/mol. The van der Waals surface area contributed by atoms with Gasteiger partial charge in [-0.2, -0.15) is 10.1 Å². The standard InChI is InChI=1S/C19H21N5O3/c1-11(18(26)27)14-4-6-15(7-5-14)23-17(25)9-8-16-12(2)22-19-20-10-21-24(19)13(16)3/h4-7,10-11H,8-9H2,1-3H3,(H,23,25)(H,26,27). The molecule has 0 aliphatic heterocycles. The van der Waals surface area contributed by atoms with E-state index >= 15 is 0 Å². The number of carbonyl (C=O) groups is 2. The molecular formula is C19H21N5O3. The predicted molar refractivity (Wildman–Crippen MR) is 99.7 cm³/mol. The van der Waals surface area contributed by atoms with E-state index in [9.17, 15) is 9.59 Å². The van der Waals surface area contributed by atoms with Crippen LogP contribution in [0.25, 0.3) is 5.78 Å². The zero-order valence-electron chi connectivity index (χ0n) is 15.4. The van der Waals surface area contributed by atoms with Crippen LogP contribution in [0.5, 0.6) is 0 Å². The van der Waals surface area contributed by atoms with E-state index in [-0.39, 0.29) is 5.91 Å². The van der Waals surface area contributed by atoms with Crippen LogP contribution in [-0.2, 0) is 16.0 Å². The molecule has 1 atom stereocenters. The largest absolute Gasteiger partial charge is 0.481 e. The molecule has 27 heavy (non-hydrogen) atoms. The van der Waals surface area contributed by atoms with Crippen molar-refractivity contribution in [2.75, 3.05) is 5.32 Å². The summed E-state index contributed by atoms with van der Waals surface area (Å²) in [6.45, 7) is 5.46. The van der Waals surface area contributed by atoms with Gasteiger partial charge in [0.05, 0.1) is 5.92 Å². The van der Waals surface area contributed by atoms with Crippen LogP contribution in [0.15, 0.2) is 30.6 Å². The molecule has 2 heterocycles. The van der Waals surface area contributed by atoms with E-state index in [2.05, 4.69) is 20.4 Å². The molecule has 0 saturated carbocycles. The number of carboxylic acid groups (broad SMARTS) is 1. The number of benzene rings is 1. The predicted octanol–water partition coefficient (Wildman–Crippen LogP) is 2.50. The average molecular weight is 367 g/mol. The van der Waals surface area contributed by atoms with Crippen molar-refractivity contribution in [2.24, 2.45) is 0 Å². The minimum absolute atomic E-state index is 0.119. The van der Waals surface area contributed by atoms with Crippen molar-refractivity contribution in [1.82, 2.24) is 19.6 Å². The molecule has 0 radical (unpaired) electrons. The van der Waals surface area contributed by atoms with Crippen LogP contribution in [0.1, 0.15) is 41.8 Å². The maximum Gasteiger partial charge on any atom is 0.310 e. The summed E-state index contributed by atoms with van der Waals surface area (Å²) in [5.41, 5.74) is 4.08. The Hall–Kier alpha value is -3.29. The van der Waals surface area contributed by atoms with E-state index in [1.165, 1.54) is 6.33 Å². The van der Waals surface area contributed by atoms with E-state index in [0.29, 0.717) is 29.9 Å². The van der Waals surface area contributed by atoms with Crippen molar-refractivity contribution in [3.8, 4) is 0 Å². The first-order valence-corrected chi connectivity index (χ1v) is 8.65. The molecule has 0 spiro atoms. The lowest BCUT2D eigenvalue weighted by Gasteiger charge is -2.11. The van der Waals surface area contributed by atoms with Gasteiger partial charge in [0.25, 0.3) is 5.78 Å². The normalized spacial score (nSPS) is 12.1. The Morgan fingerprint density at radius 3 is 2.59 bits per heavy atom. The fourth-order valence-corrected chi connectivity index (χ4v) is 2.98. The molecule has 3 rings (SSSR count). The lowest BCUT2D eigenvalue weighted by Crippen LogP contribution is -2.14. The number of anilines is 1. The molecule has 1 unspecified atom stereocenters. The third kappa shape index (κ3) is 3.94. The van der Waals surface area contributed by atoms with E-state index in [1.807, 2.05) is 13.8 Å². The van der Waals surface area contributed by atoms with Crippen molar-refractivity contribution in [2.45, 2.75) is 39.5 Å². The molecule has 1 amide bonds. The van der Waals surface area contributed by atoms with Gasteiger partial charge in [-0.25, -0.2) is 9.50 Å². The number of hydrogen-bond acceptors (Lipinski definition) is 5. The maximum atomic E-state index is 12.3. The highest BCUT2D eigenvalue weighted by Crippen LogP contribution is 2.19. The SMILES string of the molecule is Cc1nc2ncnn2c(C)c1CCC(=O)Nc1ccc(C(C)C(=O)O)cc1. The van der Waals surface area contributed by atoms with Crippen LogP contribution < -0.4 is 5.32 Å². The van der Waals surface area contributed by atoms with Gasteiger partial charge >= 0.3 is 5.97 Å². The third-order valence-corrected chi connectivity index (χ3v) is 4.66. The molecule has 0 saturated heterocycles. The maximum absolute atomic E-state index is 12.3. The van der Waals surface area contributed by atoms with Crippen LogP contribution in [0, 0.1) is 13.8 Å². The van der Waals surface area contributed by atoms with Crippen molar-refractivity contribution in [3.05, 3.63) is 53.1 Å². The Balaban J connectivity index is 1.64. The van der Waals surface area contributed by atoms with Gasteiger partial charge in [-0.05, 0) is 50.5 Å². The molecular weight excluding hydrogens is 346 g/mol. The van der Waals surface area contributed by atoms with Gasteiger partial charge in [-0.15, -0.1) is 0 Å². The summed E-state index contributed by atoms with van der Waals surface area (Å²) in [5, 5.41) is 16.0. The van der Waals surface area contributed by atoms with E-state index in [0.717, 1.165) is 17.0 Å². The summed E-state index contributed by atoms with van der Waals surface area (Å²) in [7, 11) is 0. The number of hydrogen-bond donors (Lipinski definition) is 2. The van der Waals surface area contributed by atoms with E-state index < -0.39 is 11.9 Å². The summed E-state index contributed by atoms with van der Waals surface area (Å²) in [6.07, 6.45) is 2.30. The average Bonchev–Trinajstić information content (AvgIpc) is 3.10. The zero-order valence-corrected chi connectivity index (χ0v) is 15.4. The quantitative estimate of drug-likeness (QED) is 0.693. The van der Waals surface area contributed by atoms with Crippen molar-refractivity contribution in [3.63, 3.8) is 0 Å². The number of aryl methyl sites for hydroxylation is 2. The summed E-state index contributed by atoms with van der Waals surface area (Å²) < 4.78 is 1.67. The summed E-state index contributed by atoms with van der Waals surface area (Å²) in [5.74, 6) is -1.03. The smallest absolute Gasteiger partial charge is 0.310 e. The highest BCUT2D eigenvalue weighted by Gasteiger charge is 2.14. The van der Waals surface area contributed by atoms with Gasteiger partial charge < -0.3 is 10.4 Å². The first-order chi connectivity index (χ1) is 12.9. The van der Waals surface area contributed by atoms with Crippen LogP contribution in [0.4, 0.5) is 5.69 Å². The lowest BCUT2D eigenvalue weighted by molar-refractivity contribution is -0.138. The molecule has 8 heteroatoms. The molecule has 8 nitrogen and oxygen atoms in total.